The molecule has 0 saturated carbocycles. The van der Waals surface area contributed by atoms with Crippen molar-refractivity contribution in [3.8, 4) is 16.9 Å². The Morgan fingerprint density at radius 1 is 0.738 bits per heavy atom. The standard InChI is InChI=1S/C37H30N3S.Pt/c1-23-10-9-11-24(2)35(23)28-17-19-32(41)36-29(28)18-20-33(39-36)37(3,4)25-15-16-27-26-12-5-6-13-30(26)40(31(27)22-25)34-14-7-8-21-38-34;/h5-21,41H,1-4H3;/q-1;+2/p-1. The van der Waals surface area contributed by atoms with Crippen LogP contribution in [0, 0.1) is 19.9 Å². The van der Waals surface area contributed by atoms with Crippen molar-refractivity contribution in [2.75, 3.05) is 0 Å². The van der Waals surface area contributed by atoms with Crippen molar-refractivity contribution in [3.63, 3.8) is 0 Å². The Kier molecular flexibility index (Phi) is 7.25. The largest absolute Gasteiger partial charge is 2.00 e. The molecule has 42 heavy (non-hydrogen) atoms. The zero-order chi connectivity index (χ0) is 28.3. The molecule has 0 unspecified atom stereocenters. The molecule has 3 nitrogen and oxygen atoms in total. The Balaban J connectivity index is 0.00000316. The minimum absolute atomic E-state index is 0. The molecule has 0 atom stereocenters. The number of aromatic nitrogens is 3. The van der Waals surface area contributed by atoms with Crippen LogP contribution in [0.25, 0.3) is 49.7 Å². The van der Waals surface area contributed by atoms with Gasteiger partial charge in [-0.05, 0) is 65.8 Å². The second-order valence-electron chi connectivity index (χ2n) is 11.3. The molecule has 0 N–H and O–H groups in total. The predicted molar refractivity (Wildman–Crippen MR) is 172 cm³/mol. The number of hydrogen-bond donors (Lipinski definition) is 0. The molecule has 208 valence electrons. The van der Waals surface area contributed by atoms with Crippen molar-refractivity contribution >= 4 is 45.3 Å². The Morgan fingerprint density at radius 3 is 2.24 bits per heavy atom. The third kappa shape index (κ3) is 4.45. The Bertz CT molecular complexity index is 2090. The molecule has 0 radical (unpaired) electrons. The molecular weight excluding hydrogens is 714 g/mol. The maximum atomic E-state index is 5.82. The van der Waals surface area contributed by atoms with E-state index in [2.05, 4.69) is 116 Å². The van der Waals surface area contributed by atoms with Gasteiger partial charge in [-0.2, -0.15) is 18.2 Å². The van der Waals surface area contributed by atoms with E-state index in [1.807, 2.05) is 30.5 Å². The van der Waals surface area contributed by atoms with Crippen LogP contribution in [0.1, 0.15) is 36.2 Å². The van der Waals surface area contributed by atoms with Gasteiger partial charge in [-0.1, -0.05) is 80.0 Å². The van der Waals surface area contributed by atoms with Crippen LogP contribution in [-0.4, -0.2) is 14.5 Å². The maximum absolute atomic E-state index is 5.82. The first kappa shape index (κ1) is 28.3. The summed E-state index contributed by atoms with van der Waals surface area (Å²) in [6.07, 6.45) is 1.84. The normalized spacial score (nSPS) is 11.7. The van der Waals surface area contributed by atoms with Gasteiger partial charge in [0.25, 0.3) is 0 Å². The molecule has 5 heteroatoms. The van der Waals surface area contributed by atoms with Crippen molar-refractivity contribution in [1.82, 2.24) is 14.5 Å². The quantitative estimate of drug-likeness (QED) is 0.133. The molecule has 7 aromatic rings. The zero-order valence-corrected chi connectivity index (χ0v) is 27.0. The van der Waals surface area contributed by atoms with Crippen LogP contribution in [-0.2, 0) is 39.1 Å². The molecular formula is C37H29N3PtS. The summed E-state index contributed by atoms with van der Waals surface area (Å²) in [5.74, 6) is 0.878. The third-order valence-corrected chi connectivity index (χ3v) is 8.68. The second-order valence-corrected chi connectivity index (χ2v) is 11.7. The molecule has 0 spiro atoms. The predicted octanol–water partition coefficient (Wildman–Crippen LogP) is 9.04. The van der Waals surface area contributed by atoms with Gasteiger partial charge in [0, 0.05) is 28.2 Å². The summed E-state index contributed by atoms with van der Waals surface area (Å²) in [6, 6.07) is 37.6. The van der Waals surface area contributed by atoms with Crippen LogP contribution >= 0.6 is 0 Å². The van der Waals surface area contributed by atoms with E-state index in [1.165, 1.54) is 27.6 Å². The first-order valence-corrected chi connectivity index (χ1v) is 14.3. The van der Waals surface area contributed by atoms with Crippen LogP contribution < -0.4 is 0 Å². The van der Waals surface area contributed by atoms with Crippen LogP contribution in [0.3, 0.4) is 0 Å². The molecule has 4 aromatic carbocycles. The molecule has 3 heterocycles. The summed E-state index contributed by atoms with van der Waals surface area (Å²) >= 11 is 5.82. The van der Waals surface area contributed by atoms with Gasteiger partial charge in [0.2, 0.25) is 0 Å². The van der Waals surface area contributed by atoms with Crippen molar-refractivity contribution in [1.29, 1.82) is 0 Å². The zero-order valence-electron chi connectivity index (χ0n) is 23.9. The number of aryl methyl sites for hydroxylation is 2. The molecule has 0 aliphatic heterocycles. The number of nitrogens with zero attached hydrogens (tertiary/aromatic N) is 3. The summed E-state index contributed by atoms with van der Waals surface area (Å²) in [5.41, 5.74) is 9.54. The SMILES string of the molecule is Cc1cccc(C)c1-c1ccc([S-])c2nc(C(C)(C)c3[c-]c4c(cc3)c3ccccc3n4-c3ccccn3)ccc12.[Pt+2]. The summed E-state index contributed by atoms with van der Waals surface area (Å²) < 4.78 is 2.20. The fourth-order valence-electron chi connectivity index (χ4n) is 6.12. The fourth-order valence-corrected chi connectivity index (χ4v) is 6.34. The van der Waals surface area contributed by atoms with E-state index in [9.17, 15) is 0 Å². The smallest absolute Gasteiger partial charge is 0.778 e. The van der Waals surface area contributed by atoms with Crippen molar-refractivity contribution in [2.24, 2.45) is 0 Å². The monoisotopic (exact) mass is 742 g/mol. The molecule has 3 aromatic heterocycles. The average Bonchev–Trinajstić information content (AvgIpc) is 3.32. The number of fused-ring (bicyclic) bond motifs is 4. The summed E-state index contributed by atoms with van der Waals surface area (Å²) in [7, 11) is 0. The van der Waals surface area contributed by atoms with Gasteiger partial charge in [0.05, 0.1) is 5.52 Å². The number of rotatable bonds is 4. The van der Waals surface area contributed by atoms with Crippen molar-refractivity contribution < 1.29 is 21.1 Å². The first-order valence-electron chi connectivity index (χ1n) is 13.9. The molecule has 0 fully saturated rings. The Labute approximate surface area is 266 Å². The minimum atomic E-state index is -0.413. The van der Waals surface area contributed by atoms with E-state index < -0.39 is 5.41 Å². The van der Waals surface area contributed by atoms with Gasteiger partial charge in [0.1, 0.15) is 5.82 Å². The maximum Gasteiger partial charge on any atom is 2.00 e. The molecule has 0 bridgehead atoms. The summed E-state index contributed by atoms with van der Waals surface area (Å²) in [5, 5.41) is 3.43. The molecule has 0 saturated heterocycles. The van der Waals surface area contributed by atoms with E-state index in [1.54, 1.807) is 0 Å². The van der Waals surface area contributed by atoms with Crippen molar-refractivity contribution in [3.05, 3.63) is 132 Å². The van der Waals surface area contributed by atoms with E-state index in [4.69, 9.17) is 17.6 Å². The Hall–Kier alpha value is -3.85. The summed E-state index contributed by atoms with van der Waals surface area (Å²) in [6.45, 7) is 8.75. The molecule has 0 aliphatic rings. The number of benzene rings is 4. The summed E-state index contributed by atoms with van der Waals surface area (Å²) in [4.78, 5) is 10.7. The number of hydrogen-bond acceptors (Lipinski definition) is 3. The number of pyridine rings is 2. The fraction of sp³-hybridized carbons (Fsp3) is 0.135. The van der Waals surface area contributed by atoms with Gasteiger partial charge >= 0.3 is 21.1 Å². The third-order valence-electron chi connectivity index (χ3n) is 8.35. The van der Waals surface area contributed by atoms with Crippen LogP contribution in [0.15, 0.2) is 108 Å². The topological polar surface area (TPSA) is 30.7 Å². The van der Waals surface area contributed by atoms with Crippen LogP contribution in [0.5, 0.6) is 0 Å². The van der Waals surface area contributed by atoms with E-state index >= 15 is 0 Å². The molecule has 7 rings (SSSR count). The van der Waals surface area contributed by atoms with Gasteiger partial charge < -0.3 is 17.2 Å². The van der Waals surface area contributed by atoms with E-state index in [0.29, 0.717) is 0 Å². The molecule has 0 amide bonds. The minimum Gasteiger partial charge on any atom is -0.778 e. The Morgan fingerprint density at radius 2 is 1.48 bits per heavy atom. The van der Waals surface area contributed by atoms with E-state index in [-0.39, 0.29) is 21.1 Å². The number of para-hydroxylation sites is 1. The van der Waals surface area contributed by atoms with Gasteiger partial charge in [-0.3, -0.25) is 4.98 Å². The van der Waals surface area contributed by atoms with Gasteiger partial charge in [-0.25, -0.2) is 4.98 Å². The molecule has 0 aliphatic carbocycles. The first-order chi connectivity index (χ1) is 19.8. The van der Waals surface area contributed by atoms with E-state index in [0.717, 1.165) is 49.3 Å². The van der Waals surface area contributed by atoms with Crippen molar-refractivity contribution in [2.45, 2.75) is 38.0 Å². The van der Waals surface area contributed by atoms with Gasteiger partial charge in [0.15, 0.2) is 0 Å². The average molecular weight is 743 g/mol. The van der Waals surface area contributed by atoms with Crippen LogP contribution in [0.2, 0.25) is 0 Å². The van der Waals surface area contributed by atoms with Gasteiger partial charge in [-0.15, -0.1) is 15.8 Å². The second kappa shape index (κ2) is 10.8. The van der Waals surface area contributed by atoms with Crippen LogP contribution in [0.4, 0.5) is 0 Å².